The third-order valence-electron chi connectivity index (χ3n) is 5.11. The summed E-state index contributed by atoms with van der Waals surface area (Å²) in [5.74, 6) is 0.585. The Kier molecular flexibility index (Phi) is 5.12. The molecule has 0 aliphatic carbocycles. The first-order valence-corrected chi connectivity index (χ1v) is 11.9. The van der Waals surface area contributed by atoms with Gasteiger partial charge < -0.3 is 9.80 Å². The standard InChI is InChI=1S/C20H19N7O2S2/c28-31(29,18-8-4-7-17-19(18)24-30-23-17)25-15-13-21-20(22-14-15)27-11-9-26(10-12-27)16-5-2-1-3-6-16/h1-8,13-14,25H,9-12H2. The summed E-state index contributed by atoms with van der Waals surface area (Å²) in [7, 11) is -3.83. The van der Waals surface area contributed by atoms with E-state index >= 15 is 0 Å². The largest absolute Gasteiger partial charge is 0.368 e. The summed E-state index contributed by atoms with van der Waals surface area (Å²) in [5, 5.41) is 0. The summed E-state index contributed by atoms with van der Waals surface area (Å²) in [6.45, 7) is 3.32. The molecule has 0 spiro atoms. The van der Waals surface area contributed by atoms with Gasteiger partial charge in [0.1, 0.15) is 15.9 Å². The van der Waals surface area contributed by atoms with Gasteiger partial charge in [-0.1, -0.05) is 24.3 Å². The second-order valence-electron chi connectivity index (χ2n) is 7.07. The molecule has 1 aliphatic rings. The highest BCUT2D eigenvalue weighted by atomic mass is 32.2. The number of nitrogens with zero attached hydrogens (tertiary/aromatic N) is 6. The van der Waals surface area contributed by atoms with Gasteiger partial charge in [-0.2, -0.15) is 8.75 Å². The van der Waals surface area contributed by atoms with E-state index in [2.05, 4.69) is 45.4 Å². The Labute approximate surface area is 183 Å². The third kappa shape index (κ3) is 4.01. The summed E-state index contributed by atoms with van der Waals surface area (Å²) < 4.78 is 36.4. The first kappa shape index (κ1) is 19.6. The first-order chi connectivity index (χ1) is 15.1. The minimum atomic E-state index is -3.83. The first-order valence-electron chi connectivity index (χ1n) is 9.71. The number of nitrogens with one attached hydrogen (secondary N) is 1. The quantitative estimate of drug-likeness (QED) is 0.492. The fourth-order valence-electron chi connectivity index (χ4n) is 3.55. The molecule has 5 rings (SSSR count). The Bertz CT molecular complexity index is 1290. The van der Waals surface area contributed by atoms with Crippen LogP contribution < -0.4 is 14.5 Å². The number of anilines is 3. The van der Waals surface area contributed by atoms with Gasteiger partial charge in [-0.15, -0.1) is 0 Å². The molecule has 0 amide bonds. The lowest BCUT2D eigenvalue weighted by Gasteiger charge is -2.36. The van der Waals surface area contributed by atoms with Crippen LogP contribution in [-0.2, 0) is 10.0 Å². The average molecular weight is 454 g/mol. The molecule has 31 heavy (non-hydrogen) atoms. The van der Waals surface area contributed by atoms with Gasteiger partial charge in [-0.3, -0.25) is 4.72 Å². The van der Waals surface area contributed by atoms with Crippen molar-refractivity contribution in [2.45, 2.75) is 4.90 Å². The van der Waals surface area contributed by atoms with Crippen LogP contribution in [0.3, 0.4) is 0 Å². The Morgan fingerprint density at radius 2 is 1.55 bits per heavy atom. The van der Waals surface area contributed by atoms with Crippen molar-refractivity contribution in [2.75, 3.05) is 40.7 Å². The number of rotatable bonds is 5. The van der Waals surface area contributed by atoms with E-state index in [9.17, 15) is 8.42 Å². The van der Waals surface area contributed by atoms with Gasteiger partial charge in [0.05, 0.1) is 29.8 Å². The number of sulfonamides is 1. The molecule has 1 N–H and O–H groups in total. The molecule has 2 aromatic heterocycles. The van der Waals surface area contributed by atoms with E-state index in [-0.39, 0.29) is 4.90 Å². The lowest BCUT2D eigenvalue weighted by Crippen LogP contribution is -2.47. The summed E-state index contributed by atoms with van der Waals surface area (Å²) in [6, 6.07) is 15.2. The molecule has 0 unspecified atom stereocenters. The van der Waals surface area contributed by atoms with Crippen LogP contribution in [0.5, 0.6) is 0 Å². The molecule has 0 bridgehead atoms. The number of benzene rings is 2. The Hall–Kier alpha value is -3.31. The molecule has 2 aromatic carbocycles. The molecule has 3 heterocycles. The lowest BCUT2D eigenvalue weighted by molar-refractivity contribution is 0.602. The molecule has 1 saturated heterocycles. The van der Waals surface area contributed by atoms with Gasteiger partial charge in [0.15, 0.2) is 0 Å². The van der Waals surface area contributed by atoms with Crippen molar-refractivity contribution in [3.05, 3.63) is 60.9 Å². The second-order valence-corrected chi connectivity index (χ2v) is 9.25. The van der Waals surface area contributed by atoms with Crippen LogP contribution in [0, 0.1) is 0 Å². The fraction of sp³-hybridized carbons (Fsp3) is 0.200. The number of aromatic nitrogens is 4. The SMILES string of the molecule is O=S(=O)(Nc1cnc(N2CCN(c3ccccc3)CC2)nc1)c1cccc2nsnc12. The minimum absolute atomic E-state index is 0.0832. The van der Waals surface area contributed by atoms with Crippen LogP contribution in [0.25, 0.3) is 11.0 Å². The summed E-state index contributed by atoms with van der Waals surface area (Å²) in [5.41, 5.74) is 2.41. The van der Waals surface area contributed by atoms with Crippen LogP contribution in [0.15, 0.2) is 65.8 Å². The van der Waals surface area contributed by atoms with Gasteiger partial charge in [-0.05, 0) is 24.3 Å². The maximum atomic E-state index is 12.8. The van der Waals surface area contributed by atoms with E-state index in [4.69, 9.17) is 0 Å². The number of hydrogen-bond acceptors (Lipinski definition) is 9. The molecule has 4 aromatic rings. The van der Waals surface area contributed by atoms with Crippen molar-refractivity contribution >= 4 is 50.1 Å². The molecule has 9 nitrogen and oxygen atoms in total. The Balaban J connectivity index is 1.27. The molecule has 0 atom stereocenters. The van der Waals surface area contributed by atoms with Gasteiger partial charge >= 0.3 is 0 Å². The van der Waals surface area contributed by atoms with Crippen molar-refractivity contribution in [2.24, 2.45) is 0 Å². The molecular weight excluding hydrogens is 434 g/mol. The summed E-state index contributed by atoms with van der Waals surface area (Å²) in [6.07, 6.45) is 2.98. The summed E-state index contributed by atoms with van der Waals surface area (Å²) in [4.78, 5) is 13.3. The van der Waals surface area contributed by atoms with E-state index in [1.54, 1.807) is 12.1 Å². The topological polar surface area (TPSA) is 104 Å². The molecular formula is C20H19N7O2S2. The van der Waals surface area contributed by atoms with Gasteiger partial charge in [-0.25, -0.2) is 18.4 Å². The number of para-hydroxylation sites is 1. The normalized spacial score (nSPS) is 14.7. The van der Waals surface area contributed by atoms with E-state index in [0.29, 0.717) is 22.7 Å². The molecule has 0 saturated carbocycles. The Morgan fingerprint density at radius 3 is 2.29 bits per heavy atom. The number of piperazine rings is 1. The van der Waals surface area contributed by atoms with Gasteiger partial charge in [0, 0.05) is 31.9 Å². The van der Waals surface area contributed by atoms with Crippen LogP contribution in [0.4, 0.5) is 17.3 Å². The van der Waals surface area contributed by atoms with Crippen molar-refractivity contribution in [3.63, 3.8) is 0 Å². The van der Waals surface area contributed by atoms with Crippen molar-refractivity contribution in [1.29, 1.82) is 0 Å². The number of hydrogen-bond donors (Lipinski definition) is 1. The highest BCUT2D eigenvalue weighted by Crippen LogP contribution is 2.24. The lowest BCUT2D eigenvalue weighted by atomic mass is 10.2. The van der Waals surface area contributed by atoms with Crippen molar-refractivity contribution < 1.29 is 8.42 Å². The molecule has 0 radical (unpaired) electrons. The summed E-state index contributed by atoms with van der Waals surface area (Å²) >= 11 is 0.980. The average Bonchev–Trinajstić information content (AvgIpc) is 3.29. The molecule has 158 valence electrons. The van der Waals surface area contributed by atoms with E-state index in [1.165, 1.54) is 24.1 Å². The van der Waals surface area contributed by atoms with Crippen LogP contribution in [0.1, 0.15) is 0 Å². The maximum absolute atomic E-state index is 12.8. The molecule has 11 heteroatoms. The highest BCUT2D eigenvalue weighted by Gasteiger charge is 2.22. The molecule has 1 aliphatic heterocycles. The van der Waals surface area contributed by atoms with Crippen LogP contribution in [0.2, 0.25) is 0 Å². The smallest absolute Gasteiger partial charge is 0.264 e. The monoisotopic (exact) mass is 453 g/mol. The predicted molar refractivity (Wildman–Crippen MR) is 121 cm³/mol. The van der Waals surface area contributed by atoms with Crippen LogP contribution >= 0.6 is 11.7 Å². The van der Waals surface area contributed by atoms with Crippen molar-refractivity contribution in [3.8, 4) is 0 Å². The van der Waals surface area contributed by atoms with E-state index in [0.717, 1.165) is 37.9 Å². The van der Waals surface area contributed by atoms with E-state index in [1.807, 2.05) is 18.2 Å². The zero-order chi connectivity index (χ0) is 21.3. The molecule has 1 fully saturated rings. The fourth-order valence-corrected chi connectivity index (χ4v) is 5.34. The second kappa shape index (κ2) is 8.08. The number of fused-ring (bicyclic) bond motifs is 1. The highest BCUT2D eigenvalue weighted by molar-refractivity contribution is 7.93. The third-order valence-corrected chi connectivity index (χ3v) is 7.07. The zero-order valence-electron chi connectivity index (χ0n) is 16.4. The Morgan fingerprint density at radius 1 is 0.839 bits per heavy atom. The van der Waals surface area contributed by atoms with Crippen molar-refractivity contribution in [1.82, 2.24) is 18.7 Å². The minimum Gasteiger partial charge on any atom is -0.368 e. The zero-order valence-corrected chi connectivity index (χ0v) is 18.1. The van der Waals surface area contributed by atoms with E-state index < -0.39 is 10.0 Å². The predicted octanol–water partition coefficient (Wildman–Crippen LogP) is 2.61. The van der Waals surface area contributed by atoms with Crippen LogP contribution in [-0.4, -0.2) is 53.3 Å². The van der Waals surface area contributed by atoms with Gasteiger partial charge in [0.25, 0.3) is 10.0 Å². The maximum Gasteiger partial charge on any atom is 0.264 e. The van der Waals surface area contributed by atoms with Gasteiger partial charge in [0.2, 0.25) is 5.95 Å².